The van der Waals surface area contributed by atoms with Crippen molar-refractivity contribution in [2.45, 2.75) is 12.5 Å². The highest BCUT2D eigenvalue weighted by molar-refractivity contribution is 5.77. The highest BCUT2D eigenvalue weighted by Crippen LogP contribution is 2.36. The zero-order valence-electron chi connectivity index (χ0n) is 10.5. The van der Waals surface area contributed by atoms with Crippen molar-refractivity contribution in [3.63, 3.8) is 0 Å². The third-order valence-corrected chi connectivity index (χ3v) is 3.30. The summed E-state index contributed by atoms with van der Waals surface area (Å²) in [6, 6.07) is 5.51. The third kappa shape index (κ3) is 2.24. The van der Waals surface area contributed by atoms with Gasteiger partial charge >= 0.3 is 5.69 Å². The monoisotopic (exact) mass is 251 g/mol. The van der Waals surface area contributed by atoms with Crippen LogP contribution in [0.15, 0.2) is 18.2 Å². The number of nitrogens with one attached hydrogen (secondary N) is 1. The van der Waals surface area contributed by atoms with Crippen molar-refractivity contribution in [1.29, 1.82) is 0 Å². The van der Waals surface area contributed by atoms with Crippen LogP contribution >= 0.6 is 0 Å². The fourth-order valence-corrected chi connectivity index (χ4v) is 2.23. The highest BCUT2D eigenvalue weighted by atomic mass is 16.6. The summed E-state index contributed by atoms with van der Waals surface area (Å²) >= 11 is 0. The van der Waals surface area contributed by atoms with Gasteiger partial charge in [0.2, 0.25) is 0 Å². The Balaban J connectivity index is 2.39. The van der Waals surface area contributed by atoms with Gasteiger partial charge in [0.15, 0.2) is 0 Å². The molecule has 1 unspecified atom stereocenters. The Hall–Kier alpha value is -1.82. The molecule has 18 heavy (non-hydrogen) atoms. The summed E-state index contributed by atoms with van der Waals surface area (Å²) in [5.41, 5.74) is 1.28. The van der Waals surface area contributed by atoms with Gasteiger partial charge < -0.3 is 15.0 Å². The molecule has 2 rings (SSSR count). The first kappa shape index (κ1) is 12.6. The molecule has 0 bridgehead atoms. The molecule has 0 aliphatic carbocycles. The number of nitrogens with zero attached hydrogens (tertiary/aromatic N) is 2. The number of hydrogen-bond donors (Lipinski definition) is 1. The molecule has 1 aromatic carbocycles. The number of hydrogen-bond acceptors (Lipinski definition) is 5. The molecule has 0 aromatic heterocycles. The quantitative estimate of drug-likeness (QED) is 0.653. The lowest BCUT2D eigenvalue weighted by Crippen LogP contribution is -2.32. The second-order valence-electron chi connectivity index (χ2n) is 4.31. The first-order chi connectivity index (χ1) is 8.65. The maximum atomic E-state index is 11.2. The molecule has 1 heterocycles. The summed E-state index contributed by atoms with van der Waals surface area (Å²) in [4.78, 5) is 12.8. The summed E-state index contributed by atoms with van der Waals surface area (Å²) in [6.07, 6.45) is 0.900. The summed E-state index contributed by atoms with van der Waals surface area (Å²) in [5.74, 6) is 0. The molecule has 1 aromatic rings. The van der Waals surface area contributed by atoms with Crippen molar-refractivity contribution in [2.75, 3.05) is 37.5 Å². The third-order valence-electron chi connectivity index (χ3n) is 3.30. The second-order valence-corrected chi connectivity index (χ2v) is 4.31. The van der Waals surface area contributed by atoms with E-state index in [1.807, 2.05) is 18.0 Å². The second kappa shape index (κ2) is 5.22. The van der Waals surface area contributed by atoms with Crippen LogP contribution in [-0.4, -0.2) is 38.3 Å². The van der Waals surface area contributed by atoms with Gasteiger partial charge in [-0.05, 0) is 18.6 Å². The van der Waals surface area contributed by atoms with Crippen molar-refractivity contribution in [3.05, 3.63) is 28.3 Å². The number of rotatable bonds is 4. The van der Waals surface area contributed by atoms with Crippen molar-refractivity contribution in [2.24, 2.45) is 0 Å². The standard InChI is InChI=1S/C12H17N3O3/c1-13-10-4-3-5-11(12(10)15(16)17)14(2)9-6-7-18-8-9/h3-5,9,13H,6-8H2,1-2H3. The van der Waals surface area contributed by atoms with E-state index in [4.69, 9.17) is 4.74 Å². The molecule has 1 saturated heterocycles. The highest BCUT2D eigenvalue weighted by Gasteiger charge is 2.27. The Kier molecular flexibility index (Phi) is 3.66. The first-order valence-corrected chi connectivity index (χ1v) is 5.91. The summed E-state index contributed by atoms with van der Waals surface area (Å²) in [5, 5.41) is 14.1. The van der Waals surface area contributed by atoms with E-state index >= 15 is 0 Å². The van der Waals surface area contributed by atoms with E-state index in [1.165, 1.54) is 0 Å². The number of nitro benzene ring substituents is 1. The van der Waals surface area contributed by atoms with Crippen molar-refractivity contribution in [3.8, 4) is 0 Å². The summed E-state index contributed by atoms with van der Waals surface area (Å²) < 4.78 is 5.33. The molecule has 6 nitrogen and oxygen atoms in total. The fourth-order valence-electron chi connectivity index (χ4n) is 2.23. The zero-order valence-corrected chi connectivity index (χ0v) is 10.5. The Bertz CT molecular complexity index is 444. The minimum Gasteiger partial charge on any atom is -0.382 e. The first-order valence-electron chi connectivity index (χ1n) is 5.91. The molecule has 0 spiro atoms. The topological polar surface area (TPSA) is 67.6 Å². The lowest BCUT2D eigenvalue weighted by molar-refractivity contribution is -0.383. The van der Waals surface area contributed by atoms with Crippen LogP contribution in [0.1, 0.15) is 6.42 Å². The van der Waals surface area contributed by atoms with Crippen LogP contribution in [0.3, 0.4) is 0 Å². The van der Waals surface area contributed by atoms with Crippen LogP contribution in [0.2, 0.25) is 0 Å². The number of ether oxygens (including phenoxy) is 1. The number of benzene rings is 1. The number of likely N-dealkylation sites (N-methyl/N-ethyl adjacent to an activating group) is 1. The Morgan fingerprint density at radius 2 is 2.33 bits per heavy atom. The molecule has 0 saturated carbocycles. The van der Waals surface area contributed by atoms with Crippen LogP contribution in [0.5, 0.6) is 0 Å². The average Bonchev–Trinajstić information content (AvgIpc) is 2.90. The van der Waals surface area contributed by atoms with Crippen LogP contribution in [0.4, 0.5) is 17.1 Å². The molecular weight excluding hydrogens is 234 g/mol. The molecule has 1 fully saturated rings. The van der Waals surface area contributed by atoms with E-state index in [9.17, 15) is 10.1 Å². The minimum atomic E-state index is -0.340. The van der Waals surface area contributed by atoms with E-state index in [0.717, 1.165) is 6.42 Å². The maximum Gasteiger partial charge on any atom is 0.315 e. The normalized spacial score (nSPS) is 18.7. The van der Waals surface area contributed by atoms with Gasteiger partial charge in [-0.2, -0.15) is 0 Å². The largest absolute Gasteiger partial charge is 0.382 e. The predicted molar refractivity (Wildman–Crippen MR) is 70.3 cm³/mol. The molecule has 98 valence electrons. The molecule has 0 radical (unpaired) electrons. The van der Waals surface area contributed by atoms with Gasteiger partial charge in [0.25, 0.3) is 0 Å². The summed E-state index contributed by atoms with van der Waals surface area (Å²) in [7, 11) is 3.56. The Morgan fingerprint density at radius 1 is 1.56 bits per heavy atom. The van der Waals surface area contributed by atoms with Crippen molar-refractivity contribution < 1.29 is 9.66 Å². The number of nitro groups is 1. The van der Waals surface area contributed by atoms with Crippen LogP contribution in [-0.2, 0) is 4.74 Å². The molecular formula is C12H17N3O3. The fraction of sp³-hybridized carbons (Fsp3) is 0.500. The maximum absolute atomic E-state index is 11.2. The van der Waals surface area contributed by atoms with E-state index in [1.54, 1.807) is 19.2 Å². The Labute approximate surface area is 106 Å². The van der Waals surface area contributed by atoms with Gasteiger partial charge in [0, 0.05) is 20.7 Å². The number of anilines is 2. The minimum absolute atomic E-state index is 0.120. The molecule has 1 N–H and O–H groups in total. The van der Waals surface area contributed by atoms with Crippen LogP contribution in [0.25, 0.3) is 0 Å². The molecule has 1 aliphatic heterocycles. The lowest BCUT2D eigenvalue weighted by Gasteiger charge is -2.25. The lowest BCUT2D eigenvalue weighted by atomic mass is 10.1. The SMILES string of the molecule is CNc1cccc(N(C)C2CCOC2)c1[N+](=O)[O-]. The van der Waals surface area contributed by atoms with Crippen molar-refractivity contribution in [1.82, 2.24) is 0 Å². The van der Waals surface area contributed by atoms with Gasteiger partial charge in [0.1, 0.15) is 11.4 Å². The predicted octanol–water partition coefficient (Wildman–Crippen LogP) is 1.86. The molecule has 1 atom stereocenters. The van der Waals surface area contributed by atoms with Crippen molar-refractivity contribution >= 4 is 17.1 Å². The number of para-hydroxylation sites is 1. The zero-order chi connectivity index (χ0) is 13.1. The van der Waals surface area contributed by atoms with Gasteiger partial charge in [-0.1, -0.05) is 6.07 Å². The molecule has 1 aliphatic rings. The average molecular weight is 251 g/mol. The van der Waals surface area contributed by atoms with Crippen LogP contribution in [0, 0.1) is 10.1 Å². The molecule has 0 amide bonds. The summed E-state index contributed by atoms with van der Waals surface area (Å²) in [6.45, 7) is 1.34. The van der Waals surface area contributed by atoms with Crippen LogP contribution < -0.4 is 10.2 Å². The Morgan fingerprint density at radius 3 is 2.89 bits per heavy atom. The van der Waals surface area contributed by atoms with Gasteiger partial charge in [-0.15, -0.1) is 0 Å². The van der Waals surface area contributed by atoms with E-state index in [0.29, 0.717) is 24.6 Å². The molecule has 6 heteroatoms. The van der Waals surface area contributed by atoms with E-state index < -0.39 is 0 Å². The smallest absolute Gasteiger partial charge is 0.315 e. The van der Waals surface area contributed by atoms with E-state index in [2.05, 4.69) is 5.32 Å². The van der Waals surface area contributed by atoms with E-state index in [-0.39, 0.29) is 16.7 Å². The van der Waals surface area contributed by atoms with Gasteiger partial charge in [0.05, 0.1) is 17.6 Å². The van der Waals surface area contributed by atoms with Gasteiger partial charge in [-0.3, -0.25) is 10.1 Å². The van der Waals surface area contributed by atoms with Gasteiger partial charge in [-0.25, -0.2) is 0 Å².